The van der Waals surface area contributed by atoms with Crippen LogP contribution in [0.2, 0.25) is 5.02 Å². The zero-order chi connectivity index (χ0) is 25.7. The van der Waals surface area contributed by atoms with Crippen LogP contribution in [0, 0.1) is 6.92 Å². The molecule has 1 aliphatic heterocycles. The summed E-state index contributed by atoms with van der Waals surface area (Å²) >= 11 is 11.0. The number of rotatable bonds is 8. The number of carbonyl (C=O) groups excluding carboxylic acids is 1. The van der Waals surface area contributed by atoms with Gasteiger partial charge in [0.05, 0.1) is 17.7 Å². The largest absolute Gasteiger partial charge is 0.493 e. The van der Waals surface area contributed by atoms with Gasteiger partial charge < -0.3 is 9.47 Å². The summed E-state index contributed by atoms with van der Waals surface area (Å²) in [6.07, 6.45) is 2.68. The van der Waals surface area contributed by atoms with Crippen LogP contribution >= 0.6 is 39.3 Å². The molecule has 0 spiro atoms. The molecule has 0 bridgehead atoms. The number of methoxy groups -OCH3 is 1. The van der Waals surface area contributed by atoms with Crippen molar-refractivity contribution in [3.8, 4) is 11.5 Å². The zero-order valence-corrected chi connectivity index (χ0v) is 23.4. The molecule has 186 valence electrons. The summed E-state index contributed by atoms with van der Waals surface area (Å²) in [5.74, 6) is 1.14. The standard InChI is InChI=1S/C28H26BrClN2O3S/c1-4-13-32-27(33)26(36-28(32)31-22-11-9-21(30)10-12-22)15-20-14-24(34-3)25(16-23(20)29)35-17-19-7-5-18(2)6-8-19/h5-12,14-16H,4,13,17H2,1-3H3/b26-15-,31-28?. The van der Waals surface area contributed by atoms with Gasteiger partial charge in [-0.15, -0.1) is 0 Å². The van der Waals surface area contributed by atoms with Crippen LogP contribution in [0.25, 0.3) is 6.08 Å². The minimum Gasteiger partial charge on any atom is -0.493 e. The fourth-order valence-corrected chi connectivity index (χ4v) is 5.14. The topological polar surface area (TPSA) is 51.1 Å². The number of halogens is 2. The number of hydrogen-bond donors (Lipinski definition) is 0. The van der Waals surface area contributed by atoms with E-state index < -0.39 is 0 Å². The summed E-state index contributed by atoms with van der Waals surface area (Å²) in [5, 5.41) is 1.29. The van der Waals surface area contributed by atoms with Crippen LogP contribution in [0.15, 0.2) is 75.0 Å². The lowest BCUT2D eigenvalue weighted by Gasteiger charge is -2.14. The molecule has 0 aromatic heterocycles. The molecule has 1 heterocycles. The molecule has 0 unspecified atom stereocenters. The summed E-state index contributed by atoms with van der Waals surface area (Å²) in [6, 6.07) is 19.2. The van der Waals surface area contributed by atoms with Gasteiger partial charge in [0.15, 0.2) is 16.7 Å². The molecule has 4 rings (SSSR count). The Hall–Kier alpha value is -2.74. The Labute approximate surface area is 229 Å². The van der Waals surface area contributed by atoms with Crippen molar-refractivity contribution >= 4 is 62.1 Å². The molecular formula is C28H26BrClN2O3S. The van der Waals surface area contributed by atoms with Crippen molar-refractivity contribution in [1.82, 2.24) is 4.90 Å². The van der Waals surface area contributed by atoms with E-state index in [0.29, 0.717) is 39.7 Å². The predicted molar refractivity (Wildman–Crippen MR) is 152 cm³/mol. The number of benzene rings is 3. The molecule has 8 heteroatoms. The highest BCUT2D eigenvalue weighted by atomic mass is 79.9. The van der Waals surface area contributed by atoms with Crippen LogP contribution in [-0.4, -0.2) is 29.6 Å². The van der Waals surface area contributed by atoms with Crippen molar-refractivity contribution in [2.45, 2.75) is 26.9 Å². The summed E-state index contributed by atoms with van der Waals surface area (Å²) in [7, 11) is 1.61. The van der Waals surface area contributed by atoms with Gasteiger partial charge in [-0.1, -0.05) is 64.3 Å². The second kappa shape index (κ2) is 12.0. The van der Waals surface area contributed by atoms with Crippen LogP contribution in [-0.2, 0) is 11.4 Å². The first-order chi connectivity index (χ1) is 17.4. The van der Waals surface area contributed by atoms with Gasteiger partial charge in [0, 0.05) is 16.0 Å². The van der Waals surface area contributed by atoms with Crippen LogP contribution in [0.5, 0.6) is 11.5 Å². The smallest absolute Gasteiger partial charge is 0.266 e. The van der Waals surface area contributed by atoms with Crippen molar-refractivity contribution in [3.05, 3.63) is 91.8 Å². The summed E-state index contributed by atoms with van der Waals surface area (Å²) in [5.41, 5.74) is 3.83. The third-order valence-electron chi connectivity index (χ3n) is 5.47. The van der Waals surface area contributed by atoms with E-state index in [2.05, 4.69) is 35.0 Å². The minimum absolute atomic E-state index is 0.0693. The Morgan fingerprint density at radius 3 is 2.47 bits per heavy atom. The van der Waals surface area contributed by atoms with E-state index in [9.17, 15) is 4.79 Å². The van der Waals surface area contributed by atoms with E-state index in [1.165, 1.54) is 17.3 Å². The third-order valence-corrected chi connectivity index (χ3v) is 7.42. The number of ether oxygens (including phenoxy) is 2. The highest BCUT2D eigenvalue weighted by Crippen LogP contribution is 2.39. The number of nitrogens with zero attached hydrogens (tertiary/aromatic N) is 2. The highest BCUT2D eigenvalue weighted by molar-refractivity contribution is 9.10. The van der Waals surface area contributed by atoms with Crippen LogP contribution in [0.1, 0.15) is 30.0 Å². The maximum absolute atomic E-state index is 13.2. The highest BCUT2D eigenvalue weighted by Gasteiger charge is 2.33. The summed E-state index contributed by atoms with van der Waals surface area (Å²) in [6.45, 7) is 5.11. The Bertz CT molecular complexity index is 1310. The molecule has 0 atom stereocenters. The van der Waals surface area contributed by atoms with Gasteiger partial charge >= 0.3 is 0 Å². The van der Waals surface area contributed by atoms with Gasteiger partial charge in [-0.05, 0) is 78.7 Å². The molecule has 1 aliphatic rings. The number of amidine groups is 1. The van der Waals surface area contributed by atoms with Crippen LogP contribution < -0.4 is 9.47 Å². The van der Waals surface area contributed by atoms with Crippen LogP contribution in [0.4, 0.5) is 5.69 Å². The fourth-order valence-electron chi connectivity index (χ4n) is 3.56. The number of amides is 1. The predicted octanol–water partition coefficient (Wildman–Crippen LogP) is 8.01. The lowest BCUT2D eigenvalue weighted by molar-refractivity contribution is -0.122. The summed E-state index contributed by atoms with van der Waals surface area (Å²) in [4.78, 5) is 20.2. The van der Waals surface area contributed by atoms with E-state index in [-0.39, 0.29) is 5.91 Å². The Morgan fingerprint density at radius 1 is 1.08 bits per heavy atom. The zero-order valence-electron chi connectivity index (χ0n) is 20.3. The van der Waals surface area contributed by atoms with Gasteiger partial charge in [0.25, 0.3) is 5.91 Å². The van der Waals surface area contributed by atoms with Crippen molar-refractivity contribution in [2.75, 3.05) is 13.7 Å². The Morgan fingerprint density at radius 2 is 1.81 bits per heavy atom. The monoisotopic (exact) mass is 584 g/mol. The second-order valence-electron chi connectivity index (χ2n) is 8.24. The van der Waals surface area contributed by atoms with E-state index in [0.717, 1.165) is 27.7 Å². The lowest BCUT2D eigenvalue weighted by atomic mass is 10.1. The van der Waals surface area contributed by atoms with E-state index in [1.807, 2.05) is 49.4 Å². The molecule has 0 radical (unpaired) electrons. The average molecular weight is 586 g/mol. The second-order valence-corrected chi connectivity index (χ2v) is 10.5. The number of thioether (sulfide) groups is 1. The fraction of sp³-hybridized carbons (Fsp3) is 0.214. The quantitative estimate of drug-likeness (QED) is 0.251. The van der Waals surface area contributed by atoms with Crippen molar-refractivity contribution < 1.29 is 14.3 Å². The number of aliphatic imine (C=N–C) groups is 1. The van der Waals surface area contributed by atoms with Crippen LogP contribution in [0.3, 0.4) is 0 Å². The molecule has 3 aromatic carbocycles. The van der Waals surface area contributed by atoms with E-state index in [1.54, 1.807) is 24.1 Å². The van der Waals surface area contributed by atoms with Gasteiger partial charge in [0.2, 0.25) is 0 Å². The lowest BCUT2D eigenvalue weighted by Crippen LogP contribution is -2.29. The van der Waals surface area contributed by atoms with E-state index >= 15 is 0 Å². The third kappa shape index (κ3) is 6.33. The average Bonchev–Trinajstić information content (AvgIpc) is 3.15. The Kier molecular flexibility index (Phi) is 8.77. The first-order valence-corrected chi connectivity index (χ1v) is 13.5. The van der Waals surface area contributed by atoms with Gasteiger partial charge in [0.1, 0.15) is 6.61 Å². The van der Waals surface area contributed by atoms with E-state index in [4.69, 9.17) is 26.1 Å². The molecule has 1 saturated heterocycles. The first-order valence-electron chi connectivity index (χ1n) is 11.5. The molecule has 1 fully saturated rings. The molecule has 0 aliphatic carbocycles. The first kappa shape index (κ1) is 26.3. The molecular weight excluding hydrogens is 560 g/mol. The molecule has 36 heavy (non-hydrogen) atoms. The normalized spacial score (nSPS) is 15.7. The van der Waals surface area contributed by atoms with Gasteiger partial charge in [-0.2, -0.15) is 0 Å². The molecule has 5 nitrogen and oxygen atoms in total. The molecule has 0 N–H and O–H groups in total. The SMILES string of the molecule is CCCN1C(=O)/C(=C/c2cc(OC)c(OCc3ccc(C)cc3)cc2Br)SC1=Nc1ccc(Cl)cc1. The van der Waals surface area contributed by atoms with Crippen molar-refractivity contribution in [1.29, 1.82) is 0 Å². The minimum atomic E-state index is -0.0693. The maximum Gasteiger partial charge on any atom is 0.266 e. The molecule has 1 amide bonds. The van der Waals surface area contributed by atoms with Gasteiger partial charge in [-0.25, -0.2) is 4.99 Å². The number of hydrogen-bond acceptors (Lipinski definition) is 5. The molecule has 0 saturated carbocycles. The van der Waals surface area contributed by atoms with Gasteiger partial charge in [-0.3, -0.25) is 9.69 Å². The van der Waals surface area contributed by atoms with Crippen molar-refractivity contribution in [2.24, 2.45) is 4.99 Å². The Balaban J connectivity index is 1.59. The van der Waals surface area contributed by atoms with Crippen molar-refractivity contribution in [3.63, 3.8) is 0 Å². The molecule has 3 aromatic rings. The summed E-state index contributed by atoms with van der Waals surface area (Å²) < 4.78 is 12.4. The maximum atomic E-state index is 13.2. The number of aryl methyl sites for hydroxylation is 1. The number of carbonyl (C=O) groups is 1.